The first-order chi connectivity index (χ1) is 9.69. The third-order valence-corrected chi connectivity index (χ3v) is 4.66. The van der Waals surface area contributed by atoms with Crippen molar-refractivity contribution in [1.29, 1.82) is 0 Å². The van der Waals surface area contributed by atoms with E-state index in [2.05, 4.69) is 22.4 Å². The number of benzene rings is 1. The second-order valence-corrected chi connectivity index (χ2v) is 5.97. The van der Waals surface area contributed by atoms with E-state index in [9.17, 15) is 9.18 Å². The maximum Gasteiger partial charge on any atom is 0.333 e. The molecule has 3 N–H and O–H groups in total. The van der Waals surface area contributed by atoms with Gasteiger partial charge in [0.25, 0.3) is 0 Å². The molecule has 1 aliphatic carbocycles. The van der Waals surface area contributed by atoms with Crippen LogP contribution < -0.4 is 16.2 Å². The van der Waals surface area contributed by atoms with Crippen LogP contribution >= 0.6 is 11.8 Å². The van der Waals surface area contributed by atoms with Crippen molar-refractivity contribution < 1.29 is 9.18 Å². The Hall–Kier alpha value is -1.43. The number of urea groups is 1. The molecule has 0 spiro atoms. The molecule has 110 valence electrons. The van der Waals surface area contributed by atoms with Crippen LogP contribution in [0.25, 0.3) is 0 Å². The highest BCUT2D eigenvalue weighted by Crippen LogP contribution is 2.26. The van der Waals surface area contributed by atoms with Crippen molar-refractivity contribution >= 4 is 23.5 Å². The van der Waals surface area contributed by atoms with Crippen molar-refractivity contribution in [1.82, 2.24) is 10.7 Å². The SMILES string of the molecule is CSC1CCCCC1NC(=O)NNc1ccc(F)cc1. The molecule has 1 aromatic rings. The number of rotatable bonds is 4. The average molecular weight is 297 g/mol. The predicted molar refractivity (Wildman–Crippen MR) is 81.2 cm³/mol. The van der Waals surface area contributed by atoms with E-state index in [1.165, 1.54) is 18.6 Å². The van der Waals surface area contributed by atoms with E-state index in [0.29, 0.717) is 10.9 Å². The fraction of sp³-hybridized carbons (Fsp3) is 0.500. The van der Waals surface area contributed by atoms with Gasteiger partial charge in [-0.1, -0.05) is 12.8 Å². The Labute approximate surface area is 122 Å². The van der Waals surface area contributed by atoms with Crippen LogP contribution in [0.2, 0.25) is 0 Å². The maximum atomic E-state index is 12.7. The Balaban J connectivity index is 1.78. The van der Waals surface area contributed by atoms with Gasteiger partial charge in [0, 0.05) is 11.3 Å². The van der Waals surface area contributed by atoms with Crippen LogP contribution in [-0.4, -0.2) is 23.6 Å². The molecule has 0 aromatic heterocycles. The van der Waals surface area contributed by atoms with Gasteiger partial charge in [-0.2, -0.15) is 11.8 Å². The van der Waals surface area contributed by atoms with Gasteiger partial charge in [-0.05, 0) is 43.4 Å². The van der Waals surface area contributed by atoms with Crippen LogP contribution in [0.3, 0.4) is 0 Å². The standard InChI is InChI=1S/C14H20FN3OS/c1-20-13-5-3-2-4-12(13)16-14(19)18-17-11-8-6-10(15)7-9-11/h6-9,12-13,17H,2-5H2,1H3,(H2,16,18,19). The minimum Gasteiger partial charge on any atom is -0.333 e. The topological polar surface area (TPSA) is 53.2 Å². The molecule has 0 saturated heterocycles. The molecule has 2 amide bonds. The van der Waals surface area contributed by atoms with Crippen molar-refractivity contribution in [2.45, 2.75) is 37.0 Å². The predicted octanol–water partition coefficient (Wildman–Crippen LogP) is 3.13. The first kappa shape index (κ1) is 15.0. The molecular weight excluding hydrogens is 277 g/mol. The number of carbonyl (C=O) groups excluding carboxylic acids is 1. The van der Waals surface area contributed by atoms with E-state index >= 15 is 0 Å². The first-order valence-corrected chi connectivity index (χ1v) is 8.08. The second-order valence-electron chi connectivity index (χ2n) is 4.90. The summed E-state index contributed by atoms with van der Waals surface area (Å²) >= 11 is 1.81. The van der Waals surface area contributed by atoms with Gasteiger partial charge in [0.15, 0.2) is 0 Å². The van der Waals surface area contributed by atoms with Crippen LogP contribution in [0.4, 0.5) is 14.9 Å². The molecule has 4 nitrogen and oxygen atoms in total. The van der Waals surface area contributed by atoms with Gasteiger partial charge < -0.3 is 5.32 Å². The Kier molecular flexibility index (Phi) is 5.52. The van der Waals surface area contributed by atoms with Crippen LogP contribution in [0.1, 0.15) is 25.7 Å². The Bertz CT molecular complexity index is 441. The lowest BCUT2D eigenvalue weighted by Crippen LogP contribution is -2.49. The van der Waals surface area contributed by atoms with Crippen LogP contribution in [-0.2, 0) is 0 Å². The van der Waals surface area contributed by atoms with Crippen molar-refractivity contribution in [2.24, 2.45) is 0 Å². The van der Waals surface area contributed by atoms with Crippen molar-refractivity contribution in [3.05, 3.63) is 30.1 Å². The van der Waals surface area contributed by atoms with E-state index in [4.69, 9.17) is 0 Å². The molecule has 0 radical (unpaired) electrons. The summed E-state index contributed by atoms with van der Waals surface area (Å²) in [6.45, 7) is 0. The second kappa shape index (κ2) is 7.38. The van der Waals surface area contributed by atoms with Crippen molar-refractivity contribution in [2.75, 3.05) is 11.7 Å². The molecule has 0 aliphatic heterocycles. The molecule has 0 bridgehead atoms. The highest BCUT2D eigenvalue weighted by molar-refractivity contribution is 7.99. The first-order valence-electron chi connectivity index (χ1n) is 6.80. The lowest BCUT2D eigenvalue weighted by atomic mass is 9.95. The van der Waals surface area contributed by atoms with Crippen LogP contribution in [0.5, 0.6) is 0 Å². The molecule has 1 aliphatic rings. The molecular formula is C14H20FN3OS. The van der Waals surface area contributed by atoms with Gasteiger partial charge in [0.05, 0.1) is 5.69 Å². The van der Waals surface area contributed by atoms with Gasteiger partial charge in [-0.25, -0.2) is 9.18 Å². The number of amides is 2. The number of hydrazine groups is 1. The van der Waals surface area contributed by atoms with E-state index in [0.717, 1.165) is 19.3 Å². The average Bonchev–Trinajstić information content (AvgIpc) is 2.47. The molecule has 2 rings (SSSR count). The Morgan fingerprint density at radius 2 is 1.95 bits per heavy atom. The molecule has 20 heavy (non-hydrogen) atoms. The highest BCUT2D eigenvalue weighted by atomic mass is 32.2. The van der Waals surface area contributed by atoms with E-state index in [1.54, 1.807) is 12.1 Å². The largest absolute Gasteiger partial charge is 0.333 e. The summed E-state index contributed by atoms with van der Waals surface area (Å²) in [6, 6.07) is 5.79. The smallest absolute Gasteiger partial charge is 0.333 e. The van der Waals surface area contributed by atoms with Crippen molar-refractivity contribution in [3.63, 3.8) is 0 Å². The quantitative estimate of drug-likeness (QED) is 0.748. The molecule has 2 atom stereocenters. The van der Waals surface area contributed by atoms with Gasteiger partial charge in [-0.3, -0.25) is 10.9 Å². The Morgan fingerprint density at radius 1 is 1.25 bits per heavy atom. The molecule has 1 fully saturated rings. The van der Waals surface area contributed by atoms with E-state index in [1.807, 2.05) is 11.8 Å². The summed E-state index contributed by atoms with van der Waals surface area (Å²) in [4.78, 5) is 11.8. The lowest BCUT2D eigenvalue weighted by molar-refractivity contribution is 0.235. The molecule has 0 heterocycles. The fourth-order valence-electron chi connectivity index (χ4n) is 2.41. The summed E-state index contributed by atoms with van der Waals surface area (Å²) in [5, 5.41) is 3.48. The lowest BCUT2D eigenvalue weighted by Gasteiger charge is -2.30. The summed E-state index contributed by atoms with van der Waals surface area (Å²) in [7, 11) is 0. The third-order valence-electron chi connectivity index (χ3n) is 3.49. The van der Waals surface area contributed by atoms with Gasteiger partial charge in [0.1, 0.15) is 5.82 Å². The number of thioether (sulfide) groups is 1. The molecule has 1 saturated carbocycles. The van der Waals surface area contributed by atoms with E-state index in [-0.39, 0.29) is 17.9 Å². The monoisotopic (exact) mass is 297 g/mol. The number of nitrogens with one attached hydrogen (secondary N) is 3. The number of anilines is 1. The minimum absolute atomic E-state index is 0.216. The zero-order valence-electron chi connectivity index (χ0n) is 11.5. The van der Waals surface area contributed by atoms with Crippen molar-refractivity contribution in [3.8, 4) is 0 Å². The van der Waals surface area contributed by atoms with E-state index < -0.39 is 0 Å². The zero-order chi connectivity index (χ0) is 14.4. The summed E-state index contributed by atoms with van der Waals surface area (Å²) in [6.07, 6.45) is 6.65. The summed E-state index contributed by atoms with van der Waals surface area (Å²) in [5.41, 5.74) is 5.98. The fourth-order valence-corrected chi connectivity index (χ4v) is 3.35. The maximum absolute atomic E-state index is 12.7. The zero-order valence-corrected chi connectivity index (χ0v) is 12.3. The van der Waals surface area contributed by atoms with Crippen LogP contribution in [0.15, 0.2) is 24.3 Å². The molecule has 6 heteroatoms. The molecule has 1 aromatic carbocycles. The summed E-state index contributed by atoms with van der Waals surface area (Å²) < 4.78 is 12.7. The third kappa shape index (κ3) is 4.30. The highest BCUT2D eigenvalue weighted by Gasteiger charge is 2.25. The minimum atomic E-state index is -0.301. The number of carbonyl (C=O) groups is 1. The van der Waals surface area contributed by atoms with Gasteiger partial charge in [-0.15, -0.1) is 0 Å². The Morgan fingerprint density at radius 3 is 2.65 bits per heavy atom. The summed E-state index contributed by atoms with van der Waals surface area (Å²) in [5.74, 6) is -0.301. The number of halogens is 1. The normalized spacial score (nSPS) is 22.1. The van der Waals surface area contributed by atoms with Gasteiger partial charge >= 0.3 is 6.03 Å². The van der Waals surface area contributed by atoms with Gasteiger partial charge in [0.2, 0.25) is 0 Å². The number of hydrogen-bond donors (Lipinski definition) is 3. The van der Waals surface area contributed by atoms with Crippen LogP contribution in [0, 0.1) is 5.82 Å². The number of hydrogen-bond acceptors (Lipinski definition) is 3. The molecule has 2 unspecified atom stereocenters.